The van der Waals surface area contributed by atoms with Gasteiger partial charge in [-0.2, -0.15) is 13.2 Å². The molecule has 1 rings (SSSR count). The van der Waals surface area contributed by atoms with Gasteiger partial charge in [-0.25, -0.2) is 4.39 Å². The third-order valence-corrected chi connectivity index (χ3v) is 2.31. The van der Waals surface area contributed by atoms with Crippen LogP contribution in [0, 0.1) is 5.82 Å². The van der Waals surface area contributed by atoms with Gasteiger partial charge >= 0.3 is 6.18 Å². The van der Waals surface area contributed by atoms with E-state index in [2.05, 4.69) is 0 Å². The van der Waals surface area contributed by atoms with Crippen molar-refractivity contribution < 1.29 is 17.6 Å². The molecule has 0 saturated heterocycles. The lowest BCUT2D eigenvalue weighted by atomic mass is 10.1. The van der Waals surface area contributed by atoms with E-state index in [4.69, 9.17) is 5.73 Å². The molecule has 0 aromatic heterocycles. The fourth-order valence-corrected chi connectivity index (χ4v) is 1.59. The number of hydrogen-bond acceptors (Lipinski definition) is 2. The fourth-order valence-electron chi connectivity index (χ4n) is 1.59. The summed E-state index contributed by atoms with van der Waals surface area (Å²) in [5, 5.41) is 0. The average Bonchev–Trinajstić information content (AvgIpc) is 2.14. The fraction of sp³-hybridized carbons (Fsp3) is 0.455. The van der Waals surface area contributed by atoms with E-state index in [0.29, 0.717) is 11.3 Å². The standard InChI is InChI=1S/C11H14F4N2/c1-7(16)9-5-8(12)3-4-10(9)17(2)6-11(13,14)15/h3-5,7H,6,16H2,1-2H3/t7-/m1/s1. The van der Waals surface area contributed by atoms with Crippen LogP contribution in [-0.2, 0) is 0 Å². The Hall–Kier alpha value is -1.30. The van der Waals surface area contributed by atoms with E-state index in [-0.39, 0.29) is 0 Å². The van der Waals surface area contributed by atoms with Gasteiger partial charge in [-0.05, 0) is 30.7 Å². The molecule has 0 radical (unpaired) electrons. The maximum absolute atomic E-state index is 13.0. The first-order valence-corrected chi connectivity index (χ1v) is 5.03. The second kappa shape index (κ2) is 4.91. The average molecular weight is 250 g/mol. The molecule has 17 heavy (non-hydrogen) atoms. The van der Waals surface area contributed by atoms with Crippen LogP contribution in [-0.4, -0.2) is 19.8 Å². The van der Waals surface area contributed by atoms with Crippen molar-refractivity contribution >= 4 is 5.69 Å². The predicted octanol–water partition coefficient (Wildman–Crippen LogP) is 2.84. The lowest BCUT2D eigenvalue weighted by Crippen LogP contribution is -2.32. The Bertz CT molecular complexity index is 388. The second-order valence-electron chi connectivity index (χ2n) is 3.96. The molecular formula is C11H14F4N2. The van der Waals surface area contributed by atoms with Gasteiger partial charge in [0.2, 0.25) is 0 Å². The van der Waals surface area contributed by atoms with Gasteiger partial charge in [0.1, 0.15) is 12.4 Å². The monoisotopic (exact) mass is 250 g/mol. The molecule has 2 N–H and O–H groups in total. The minimum Gasteiger partial charge on any atom is -0.365 e. The van der Waals surface area contributed by atoms with Gasteiger partial charge in [-0.3, -0.25) is 0 Å². The second-order valence-corrected chi connectivity index (χ2v) is 3.96. The summed E-state index contributed by atoms with van der Waals surface area (Å²) in [6, 6.07) is 3.05. The number of anilines is 1. The SMILES string of the molecule is C[C@@H](N)c1cc(F)ccc1N(C)CC(F)(F)F. The Morgan fingerprint density at radius 3 is 2.41 bits per heavy atom. The maximum atomic E-state index is 13.0. The van der Waals surface area contributed by atoms with Crippen LogP contribution in [0.2, 0.25) is 0 Å². The Morgan fingerprint density at radius 1 is 1.35 bits per heavy atom. The highest BCUT2D eigenvalue weighted by atomic mass is 19.4. The molecule has 0 fully saturated rings. The van der Waals surface area contributed by atoms with Gasteiger partial charge in [0, 0.05) is 18.8 Å². The largest absolute Gasteiger partial charge is 0.405 e. The van der Waals surface area contributed by atoms with Gasteiger partial charge in [0.15, 0.2) is 0 Å². The first kappa shape index (κ1) is 13.8. The normalized spacial score (nSPS) is 13.6. The van der Waals surface area contributed by atoms with Crippen LogP contribution in [0.1, 0.15) is 18.5 Å². The molecule has 0 aliphatic heterocycles. The molecule has 2 nitrogen and oxygen atoms in total. The molecular weight excluding hydrogens is 236 g/mol. The van der Waals surface area contributed by atoms with E-state index < -0.39 is 24.6 Å². The molecule has 0 unspecified atom stereocenters. The van der Waals surface area contributed by atoms with E-state index in [1.807, 2.05) is 0 Å². The molecule has 0 aliphatic carbocycles. The maximum Gasteiger partial charge on any atom is 0.405 e. The van der Waals surface area contributed by atoms with Gasteiger partial charge in [-0.1, -0.05) is 0 Å². The van der Waals surface area contributed by atoms with E-state index in [9.17, 15) is 17.6 Å². The number of alkyl halides is 3. The number of halogens is 4. The van der Waals surface area contributed by atoms with Gasteiger partial charge in [0.05, 0.1) is 0 Å². The minimum absolute atomic E-state index is 0.290. The van der Waals surface area contributed by atoms with Crippen molar-refractivity contribution in [3.05, 3.63) is 29.6 Å². The molecule has 1 atom stereocenters. The van der Waals surface area contributed by atoms with Crippen molar-refractivity contribution in [2.24, 2.45) is 5.73 Å². The molecule has 0 bridgehead atoms. The van der Waals surface area contributed by atoms with E-state index in [0.717, 1.165) is 17.0 Å². The van der Waals surface area contributed by atoms with E-state index >= 15 is 0 Å². The first-order chi connectivity index (χ1) is 7.70. The molecule has 0 amide bonds. The van der Waals surface area contributed by atoms with Crippen molar-refractivity contribution in [1.82, 2.24) is 0 Å². The third kappa shape index (κ3) is 3.89. The lowest BCUT2D eigenvalue weighted by Gasteiger charge is -2.25. The quantitative estimate of drug-likeness (QED) is 0.836. The van der Waals surface area contributed by atoms with Crippen LogP contribution in [0.15, 0.2) is 18.2 Å². The highest BCUT2D eigenvalue weighted by Gasteiger charge is 2.30. The molecule has 1 aromatic carbocycles. The number of hydrogen-bond donors (Lipinski definition) is 1. The first-order valence-electron chi connectivity index (χ1n) is 5.03. The molecule has 0 aliphatic rings. The van der Waals surface area contributed by atoms with Crippen LogP contribution < -0.4 is 10.6 Å². The zero-order valence-corrected chi connectivity index (χ0v) is 9.55. The summed E-state index contributed by atoms with van der Waals surface area (Å²) >= 11 is 0. The number of nitrogens with zero attached hydrogens (tertiary/aromatic N) is 1. The summed E-state index contributed by atoms with van der Waals surface area (Å²) in [4.78, 5) is 1.01. The molecule has 96 valence electrons. The Labute approximate surface area is 97.0 Å². The Morgan fingerprint density at radius 2 is 1.94 bits per heavy atom. The summed E-state index contributed by atoms with van der Waals surface area (Å²) in [7, 11) is 1.30. The van der Waals surface area contributed by atoms with Crippen molar-refractivity contribution in [2.45, 2.75) is 19.1 Å². The van der Waals surface area contributed by atoms with Crippen molar-refractivity contribution in [1.29, 1.82) is 0 Å². The smallest absolute Gasteiger partial charge is 0.365 e. The van der Waals surface area contributed by atoms with Crippen LogP contribution in [0.5, 0.6) is 0 Å². The summed E-state index contributed by atoms with van der Waals surface area (Å²) in [5.41, 5.74) is 6.26. The molecule has 0 heterocycles. The molecule has 0 saturated carbocycles. The lowest BCUT2D eigenvalue weighted by molar-refractivity contribution is -0.119. The van der Waals surface area contributed by atoms with Crippen molar-refractivity contribution in [2.75, 3.05) is 18.5 Å². The highest BCUT2D eigenvalue weighted by Crippen LogP contribution is 2.27. The zero-order valence-electron chi connectivity index (χ0n) is 9.55. The number of rotatable bonds is 3. The zero-order chi connectivity index (χ0) is 13.2. The van der Waals surface area contributed by atoms with Crippen LogP contribution in [0.4, 0.5) is 23.2 Å². The Kier molecular flexibility index (Phi) is 3.98. The number of nitrogens with two attached hydrogens (primary N) is 1. The van der Waals surface area contributed by atoms with Gasteiger partial charge < -0.3 is 10.6 Å². The van der Waals surface area contributed by atoms with E-state index in [1.165, 1.54) is 13.1 Å². The number of benzene rings is 1. The summed E-state index contributed by atoms with van der Waals surface area (Å²) in [5.74, 6) is -0.513. The highest BCUT2D eigenvalue weighted by molar-refractivity contribution is 5.54. The Balaban J connectivity index is 3.04. The summed E-state index contributed by atoms with van der Waals surface area (Å²) in [6.07, 6.45) is -4.31. The van der Waals surface area contributed by atoms with Crippen molar-refractivity contribution in [3.63, 3.8) is 0 Å². The molecule has 1 aromatic rings. The summed E-state index contributed by atoms with van der Waals surface area (Å²) < 4.78 is 49.8. The van der Waals surface area contributed by atoms with Crippen LogP contribution >= 0.6 is 0 Å². The minimum atomic E-state index is -4.31. The van der Waals surface area contributed by atoms with Crippen LogP contribution in [0.3, 0.4) is 0 Å². The summed E-state index contributed by atoms with van der Waals surface area (Å²) in [6.45, 7) is 0.498. The van der Waals surface area contributed by atoms with E-state index in [1.54, 1.807) is 6.92 Å². The predicted molar refractivity (Wildman–Crippen MR) is 58.3 cm³/mol. The van der Waals surface area contributed by atoms with Gasteiger partial charge in [0.25, 0.3) is 0 Å². The van der Waals surface area contributed by atoms with Crippen LogP contribution in [0.25, 0.3) is 0 Å². The third-order valence-electron chi connectivity index (χ3n) is 2.31. The van der Waals surface area contributed by atoms with Gasteiger partial charge in [-0.15, -0.1) is 0 Å². The van der Waals surface area contributed by atoms with Crippen molar-refractivity contribution in [3.8, 4) is 0 Å². The molecule has 6 heteroatoms. The molecule has 0 spiro atoms. The topological polar surface area (TPSA) is 29.3 Å².